The van der Waals surface area contributed by atoms with Gasteiger partial charge in [-0.15, -0.1) is 0 Å². The van der Waals surface area contributed by atoms with Gasteiger partial charge in [0.05, 0.1) is 32.3 Å². The Labute approximate surface area is 266 Å². The maximum Gasteiger partial charge on any atom is 0.366 e. The van der Waals surface area contributed by atoms with E-state index >= 15 is 0 Å². The molecule has 1 saturated heterocycles. The predicted octanol–water partition coefficient (Wildman–Crippen LogP) is 3.38. The summed E-state index contributed by atoms with van der Waals surface area (Å²) in [7, 11) is -2.72. The first-order valence-corrected chi connectivity index (χ1v) is 16.3. The van der Waals surface area contributed by atoms with Gasteiger partial charge < -0.3 is 35.2 Å². The molecule has 2 aromatic heterocycles. The maximum atomic E-state index is 14.4. The van der Waals surface area contributed by atoms with Gasteiger partial charge in [0.25, 0.3) is 0 Å². The number of nitrogens with zero attached hydrogens (tertiary/aromatic N) is 4. The summed E-state index contributed by atoms with van der Waals surface area (Å²) in [6, 6.07) is 11.9. The zero-order valence-electron chi connectivity index (χ0n) is 26.5. The minimum Gasteiger partial charge on any atom is -0.479 e. The number of rotatable bonds is 11. The number of fused-ring (bicyclic) bond motifs is 2. The average molecular weight is 658 g/mol. The van der Waals surface area contributed by atoms with Crippen LogP contribution in [0.1, 0.15) is 40.8 Å². The summed E-state index contributed by atoms with van der Waals surface area (Å²) in [5, 5.41) is 30.0. The number of benzene rings is 2. The third-order valence-corrected chi connectivity index (χ3v) is 9.23. The van der Waals surface area contributed by atoms with Crippen molar-refractivity contribution in [3.63, 3.8) is 0 Å². The fourth-order valence-electron chi connectivity index (χ4n) is 5.08. The molecule has 46 heavy (non-hydrogen) atoms. The van der Waals surface area contributed by atoms with Gasteiger partial charge in [-0.2, -0.15) is 9.97 Å². The molecular weight excluding hydrogens is 617 g/mol. The smallest absolute Gasteiger partial charge is 0.366 e. The standard InChI is InChI=1S/C30H40N7O8P/c1-17(26(39)43-15-29(2,3)4)35-46(41,36-20-13-9-11-18-10-7-8-12-19(18)20)44-14-21-23(38)30(5,40)27(45-21)37-16-32-22-24(37)33-28(31)34-25(22)42-6/h7-13,16-17,21,23,27,38,40H,14-15H2,1-6H3,(H2,31,33,34)(H2,35,36,41)/t17-,21+,23+,27+,30+,46?/m0/s1. The van der Waals surface area contributed by atoms with Crippen LogP contribution in [-0.4, -0.2) is 79.9 Å². The third kappa shape index (κ3) is 6.94. The van der Waals surface area contributed by atoms with Crippen molar-refractivity contribution in [1.82, 2.24) is 24.6 Å². The first-order valence-electron chi connectivity index (χ1n) is 14.7. The molecule has 1 fully saturated rings. The van der Waals surface area contributed by atoms with Crippen molar-refractivity contribution in [3.05, 3.63) is 48.8 Å². The number of methoxy groups -OCH3 is 1. The number of aliphatic hydroxyl groups is 2. The molecule has 16 heteroatoms. The Balaban J connectivity index is 1.40. The number of hydrogen-bond donors (Lipinski definition) is 5. The molecule has 6 N–H and O–H groups in total. The molecule has 0 saturated carbocycles. The quantitative estimate of drug-likeness (QED) is 0.116. The second-order valence-corrected chi connectivity index (χ2v) is 14.5. The van der Waals surface area contributed by atoms with E-state index in [-0.39, 0.29) is 35.0 Å². The molecule has 0 radical (unpaired) electrons. The van der Waals surface area contributed by atoms with Crippen molar-refractivity contribution in [2.45, 2.75) is 64.7 Å². The molecule has 0 aliphatic carbocycles. The number of aromatic nitrogens is 4. The molecule has 6 atom stereocenters. The largest absolute Gasteiger partial charge is 0.479 e. The summed E-state index contributed by atoms with van der Waals surface area (Å²) < 4.78 is 38.6. The number of imidazole rings is 1. The SMILES string of the molecule is COc1nc(N)nc2c1ncn2[C@@H]1O[C@H](COP(=O)(Nc2cccc3ccccc23)N[C@@H](C)C(=O)OCC(C)(C)C)[C@@H](O)[C@@]1(C)O. The monoisotopic (exact) mass is 657 g/mol. The number of ether oxygens (including phenoxy) is 3. The highest BCUT2D eigenvalue weighted by Crippen LogP contribution is 2.47. The van der Waals surface area contributed by atoms with Gasteiger partial charge in [0.15, 0.2) is 17.4 Å². The van der Waals surface area contributed by atoms with Crippen molar-refractivity contribution < 1.29 is 38.3 Å². The van der Waals surface area contributed by atoms with E-state index in [9.17, 15) is 19.6 Å². The molecular formula is C30H40N7O8P. The van der Waals surface area contributed by atoms with Gasteiger partial charge in [0, 0.05) is 5.39 Å². The highest BCUT2D eigenvalue weighted by atomic mass is 31.2. The molecule has 3 heterocycles. The van der Waals surface area contributed by atoms with E-state index in [1.54, 1.807) is 12.1 Å². The van der Waals surface area contributed by atoms with Gasteiger partial charge in [0.1, 0.15) is 23.9 Å². The molecule has 1 aliphatic heterocycles. The minimum atomic E-state index is -4.12. The molecule has 0 spiro atoms. The zero-order valence-corrected chi connectivity index (χ0v) is 27.4. The molecule has 1 unspecified atom stereocenters. The van der Waals surface area contributed by atoms with E-state index in [0.29, 0.717) is 5.69 Å². The number of esters is 1. The van der Waals surface area contributed by atoms with Crippen LogP contribution in [0.4, 0.5) is 11.6 Å². The molecule has 248 valence electrons. The molecule has 0 amide bonds. The summed E-state index contributed by atoms with van der Waals surface area (Å²) >= 11 is 0. The van der Waals surface area contributed by atoms with E-state index in [1.807, 2.05) is 51.1 Å². The first kappa shape index (κ1) is 33.5. The Morgan fingerprint density at radius 1 is 1.22 bits per heavy atom. The lowest BCUT2D eigenvalue weighted by atomic mass is 9.96. The number of anilines is 2. The number of nitrogens with two attached hydrogens (primary N) is 1. The molecule has 4 aromatic rings. The van der Waals surface area contributed by atoms with E-state index in [2.05, 4.69) is 25.1 Å². The highest BCUT2D eigenvalue weighted by Gasteiger charge is 2.54. The van der Waals surface area contributed by atoms with Crippen molar-refractivity contribution in [1.29, 1.82) is 0 Å². The van der Waals surface area contributed by atoms with Crippen LogP contribution < -0.4 is 20.6 Å². The summed E-state index contributed by atoms with van der Waals surface area (Å²) in [5.41, 5.74) is 4.66. The van der Waals surface area contributed by atoms with Crippen LogP contribution in [0, 0.1) is 5.41 Å². The van der Waals surface area contributed by atoms with E-state index in [1.165, 1.54) is 31.9 Å². The Bertz CT molecular complexity index is 1770. The normalized spacial score (nSPS) is 23.7. The number of hydrogen-bond acceptors (Lipinski definition) is 12. The van der Waals surface area contributed by atoms with Crippen molar-refractivity contribution in [2.75, 3.05) is 31.1 Å². The van der Waals surface area contributed by atoms with Gasteiger partial charge in [-0.05, 0) is 30.7 Å². The lowest BCUT2D eigenvalue weighted by Gasteiger charge is -2.28. The minimum absolute atomic E-state index is 0.0918. The lowest BCUT2D eigenvalue weighted by molar-refractivity contribution is -0.148. The summed E-state index contributed by atoms with van der Waals surface area (Å²) in [6.45, 7) is 8.38. The predicted molar refractivity (Wildman–Crippen MR) is 171 cm³/mol. The number of nitrogens with one attached hydrogen (secondary N) is 2. The van der Waals surface area contributed by atoms with Crippen LogP contribution in [0.3, 0.4) is 0 Å². The van der Waals surface area contributed by atoms with Crippen LogP contribution >= 0.6 is 7.67 Å². The van der Waals surface area contributed by atoms with Crippen molar-refractivity contribution in [3.8, 4) is 5.88 Å². The molecule has 15 nitrogen and oxygen atoms in total. The van der Waals surface area contributed by atoms with Gasteiger partial charge in [-0.3, -0.25) is 13.9 Å². The Kier molecular flexibility index (Phi) is 9.28. The van der Waals surface area contributed by atoms with Crippen LogP contribution in [0.15, 0.2) is 48.8 Å². The van der Waals surface area contributed by atoms with Gasteiger partial charge in [-0.1, -0.05) is 57.2 Å². The summed E-state index contributed by atoms with van der Waals surface area (Å²) in [6.07, 6.45) is -2.53. The summed E-state index contributed by atoms with van der Waals surface area (Å²) in [5.74, 6) is -0.589. The van der Waals surface area contributed by atoms with Gasteiger partial charge in [0.2, 0.25) is 11.8 Å². The van der Waals surface area contributed by atoms with E-state index in [0.717, 1.165) is 10.8 Å². The number of nitrogen functional groups attached to an aromatic ring is 1. The van der Waals surface area contributed by atoms with Gasteiger partial charge in [-0.25, -0.2) is 14.6 Å². The van der Waals surface area contributed by atoms with Crippen LogP contribution in [0.25, 0.3) is 21.9 Å². The third-order valence-electron chi connectivity index (χ3n) is 7.45. The first-order chi connectivity index (χ1) is 21.6. The summed E-state index contributed by atoms with van der Waals surface area (Å²) in [4.78, 5) is 25.4. The number of aliphatic hydroxyl groups excluding tert-OH is 1. The van der Waals surface area contributed by atoms with Crippen LogP contribution in [0.5, 0.6) is 5.88 Å². The van der Waals surface area contributed by atoms with Crippen LogP contribution in [-0.2, 0) is 23.4 Å². The van der Waals surface area contributed by atoms with Crippen LogP contribution in [0.2, 0.25) is 0 Å². The fraction of sp³-hybridized carbons (Fsp3) is 0.467. The van der Waals surface area contributed by atoms with Crippen molar-refractivity contribution in [2.24, 2.45) is 5.41 Å². The topological polar surface area (TPSA) is 205 Å². The molecule has 1 aliphatic rings. The molecule has 0 bridgehead atoms. The second kappa shape index (κ2) is 12.7. The molecule has 5 rings (SSSR count). The zero-order chi connectivity index (χ0) is 33.4. The number of carbonyl (C=O) groups excluding carboxylic acids is 1. The van der Waals surface area contributed by atoms with E-state index in [4.69, 9.17) is 24.5 Å². The lowest BCUT2D eigenvalue weighted by Crippen LogP contribution is -2.44. The Morgan fingerprint density at radius 3 is 2.65 bits per heavy atom. The number of carbonyl (C=O) groups is 1. The van der Waals surface area contributed by atoms with Crippen molar-refractivity contribution >= 4 is 47.2 Å². The highest BCUT2D eigenvalue weighted by molar-refractivity contribution is 7.58. The Morgan fingerprint density at radius 2 is 1.93 bits per heavy atom. The average Bonchev–Trinajstić information content (AvgIpc) is 3.51. The second-order valence-electron chi connectivity index (χ2n) is 12.6. The van der Waals surface area contributed by atoms with Gasteiger partial charge >= 0.3 is 13.6 Å². The Hall–Kier alpha value is -3.85. The van der Waals surface area contributed by atoms with E-state index < -0.39 is 50.3 Å². The fourth-order valence-corrected chi connectivity index (χ4v) is 6.77. The molecule has 2 aromatic carbocycles. The maximum absolute atomic E-state index is 14.4.